The van der Waals surface area contributed by atoms with Gasteiger partial charge in [-0.1, -0.05) is 13.8 Å². The van der Waals surface area contributed by atoms with E-state index in [-0.39, 0.29) is 0 Å². The van der Waals surface area contributed by atoms with Crippen LogP contribution in [0.15, 0.2) is 0 Å². The van der Waals surface area contributed by atoms with E-state index in [1.807, 2.05) is 0 Å². The summed E-state index contributed by atoms with van der Waals surface area (Å²) >= 11 is 0. The molecule has 0 aromatic carbocycles. The van der Waals surface area contributed by atoms with E-state index in [9.17, 15) is 4.79 Å². The molecule has 1 aliphatic heterocycles. The maximum Gasteiger partial charge on any atom is 0.136 e. The van der Waals surface area contributed by atoms with Crippen LogP contribution >= 0.6 is 0 Å². The Labute approximate surface area is 112 Å². The Kier molecular flexibility index (Phi) is 5.19. The summed E-state index contributed by atoms with van der Waals surface area (Å²) in [5.74, 6) is 0.909. The Hall–Kier alpha value is -0.410. The zero-order valence-electron chi connectivity index (χ0n) is 12.0. The number of nitrogens with zero attached hydrogens (tertiary/aromatic N) is 2. The molecule has 0 aromatic rings. The van der Waals surface area contributed by atoms with Crippen LogP contribution in [0.3, 0.4) is 0 Å². The van der Waals surface area contributed by atoms with Gasteiger partial charge >= 0.3 is 0 Å². The molecule has 2 atom stereocenters. The topological polar surface area (TPSA) is 23.6 Å². The van der Waals surface area contributed by atoms with Crippen LogP contribution in [0, 0.1) is 5.92 Å². The molecular formula is C15H28N2O. The third-order valence-corrected chi connectivity index (χ3v) is 4.80. The maximum atomic E-state index is 11.6. The van der Waals surface area contributed by atoms with Crippen molar-refractivity contribution in [3.05, 3.63) is 0 Å². The Morgan fingerprint density at radius 3 is 2.67 bits per heavy atom. The van der Waals surface area contributed by atoms with E-state index in [1.54, 1.807) is 0 Å². The van der Waals surface area contributed by atoms with E-state index < -0.39 is 0 Å². The molecule has 18 heavy (non-hydrogen) atoms. The number of rotatable bonds is 6. The van der Waals surface area contributed by atoms with Gasteiger partial charge in [0.15, 0.2) is 0 Å². The average molecular weight is 252 g/mol. The van der Waals surface area contributed by atoms with Crippen LogP contribution in [-0.4, -0.2) is 54.3 Å². The first-order valence-corrected chi connectivity index (χ1v) is 7.73. The molecule has 1 aliphatic carbocycles. The lowest BCUT2D eigenvalue weighted by atomic mass is 10.0. The third-order valence-electron chi connectivity index (χ3n) is 4.80. The van der Waals surface area contributed by atoms with Gasteiger partial charge in [-0.25, -0.2) is 0 Å². The summed E-state index contributed by atoms with van der Waals surface area (Å²) in [7, 11) is 0. The molecule has 0 spiro atoms. The quantitative estimate of drug-likeness (QED) is 0.724. The van der Waals surface area contributed by atoms with Gasteiger partial charge in [0, 0.05) is 24.9 Å². The van der Waals surface area contributed by atoms with Crippen molar-refractivity contribution >= 4 is 5.78 Å². The Morgan fingerprint density at radius 1 is 1.28 bits per heavy atom. The van der Waals surface area contributed by atoms with Crippen LogP contribution in [0.25, 0.3) is 0 Å². The van der Waals surface area contributed by atoms with E-state index in [0.29, 0.717) is 11.7 Å². The van der Waals surface area contributed by atoms with Crippen LogP contribution in [0.5, 0.6) is 0 Å². The van der Waals surface area contributed by atoms with Crippen molar-refractivity contribution in [2.45, 2.75) is 52.0 Å². The number of likely N-dealkylation sites (tertiary alicyclic amines) is 1. The fourth-order valence-electron chi connectivity index (χ4n) is 3.58. The molecule has 1 heterocycles. The van der Waals surface area contributed by atoms with Crippen LogP contribution in [0.4, 0.5) is 0 Å². The summed E-state index contributed by atoms with van der Waals surface area (Å²) in [6.07, 6.45) is 5.52. The minimum atomic E-state index is 0.387. The first kappa shape index (κ1) is 14.0. The first-order chi connectivity index (χ1) is 8.74. The molecule has 0 radical (unpaired) electrons. The van der Waals surface area contributed by atoms with Gasteiger partial charge in [-0.2, -0.15) is 0 Å². The fourth-order valence-corrected chi connectivity index (χ4v) is 3.58. The normalized spacial score (nSPS) is 29.6. The van der Waals surface area contributed by atoms with E-state index in [2.05, 4.69) is 23.6 Å². The predicted molar refractivity (Wildman–Crippen MR) is 74.7 cm³/mol. The molecule has 0 bridgehead atoms. The van der Waals surface area contributed by atoms with Crippen LogP contribution in [0.2, 0.25) is 0 Å². The van der Waals surface area contributed by atoms with Crippen molar-refractivity contribution in [3.63, 3.8) is 0 Å². The second-order valence-electron chi connectivity index (χ2n) is 5.81. The number of hydrogen-bond donors (Lipinski definition) is 0. The minimum absolute atomic E-state index is 0.387. The fraction of sp³-hybridized carbons (Fsp3) is 0.933. The molecule has 2 aliphatic rings. The average Bonchev–Trinajstić information content (AvgIpc) is 2.98. The lowest BCUT2D eigenvalue weighted by Gasteiger charge is -2.26. The standard InChI is InChI=1S/C15H28N2O/c1-3-17(4-2)14-9-11-16(12-14)10-8-13-6-5-7-15(13)18/h13-14H,3-12H2,1-2H3. The van der Waals surface area contributed by atoms with Crippen molar-refractivity contribution in [1.82, 2.24) is 9.80 Å². The van der Waals surface area contributed by atoms with Gasteiger partial charge in [-0.05, 0) is 51.9 Å². The zero-order chi connectivity index (χ0) is 13.0. The van der Waals surface area contributed by atoms with Gasteiger partial charge in [0.05, 0.1) is 0 Å². The summed E-state index contributed by atoms with van der Waals surface area (Å²) < 4.78 is 0. The molecule has 3 heteroatoms. The summed E-state index contributed by atoms with van der Waals surface area (Å²) in [5, 5.41) is 0. The second-order valence-corrected chi connectivity index (χ2v) is 5.81. The zero-order valence-corrected chi connectivity index (χ0v) is 12.0. The number of ketones is 1. The summed E-state index contributed by atoms with van der Waals surface area (Å²) in [6.45, 7) is 10.4. The Balaban J connectivity index is 1.71. The van der Waals surface area contributed by atoms with E-state index >= 15 is 0 Å². The summed E-state index contributed by atoms with van der Waals surface area (Å²) in [4.78, 5) is 16.8. The summed E-state index contributed by atoms with van der Waals surface area (Å²) in [5.41, 5.74) is 0. The molecule has 3 nitrogen and oxygen atoms in total. The molecular weight excluding hydrogens is 224 g/mol. The largest absolute Gasteiger partial charge is 0.302 e. The van der Waals surface area contributed by atoms with Crippen LogP contribution in [0.1, 0.15) is 46.0 Å². The van der Waals surface area contributed by atoms with Gasteiger partial charge in [-0.15, -0.1) is 0 Å². The maximum absolute atomic E-state index is 11.6. The third kappa shape index (κ3) is 3.33. The number of carbonyl (C=O) groups excluding carboxylic acids is 1. The molecule has 1 saturated carbocycles. The molecule has 0 N–H and O–H groups in total. The highest BCUT2D eigenvalue weighted by atomic mass is 16.1. The molecule has 1 saturated heterocycles. The Bertz CT molecular complexity index is 276. The number of likely N-dealkylation sites (N-methyl/N-ethyl adjacent to an activating group) is 1. The Morgan fingerprint density at radius 2 is 2.06 bits per heavy atom. The molecule has 2 rings (SSSR count). The smallest absolute Gasteiger partial charge is 0.136 e. The van der Waals surface area contributed by atoms with Crippen molar-refractivity contribution in [1.29, 1.82) is 0 Å². The molecule has 0 aromatic heterocycles. The van der Waals surface area contributed by atoms with Gasteiger partial charge in [-0.3, -0.25) is 9.69 Å². The molecule has 104 valence electrons. The van der Waals surface area contributed by atoms with Gasteiger partial charge in [0.1, 0.15) is 5.78 Å². The lowest BCUT2D eigenvalue weighted by molar-refractivity contribution is -0.120. The van der Waals surface area contributed by atoms with Crippen molar-refractivity contribution in [3.8, 4) is 0 Å². The second kappa shape index (κ2) is 6.67. The predicted octanol–water partition coefficient (Wildman–Crippen LogP) is 2.16. The summed E-state index contributed by atoms with van der Waals surface area (Å²) in [6, 6.07) is 0.749. The highest BCUT2D eigenvalue weighted by Crippen LogP contribution is 2.25. The molecule has 0 amide bonds. The van der Waals surface area contributed by atoms with Crippen molar-refractivity contribution in [2.24, 2.45) is 5.92 Å². The van der Waals surface area contributed by atoms with Crippen LogP contribution < -0.4 is 0 Å². The van der Waals surface area contributed by atoms with Gasteiger partial charge < -0.3 is 4.90 Å². The number of carbonyl (C=O) groups is 1. The minimum Gasteiger partial charge on any atom is -0.302 e. The SMILES string of the molecule is CCN(CC)C1CCN(CCC2CCCC2=O)C1. The van der Waals surface area contributed by atoms with Crippen molar-refractivity contribution in [2.75, 3.05) is 32.7 Å². The molecule has 2 unspecified atom stereocenters. The number of Topliss-reactive ketones (excluding diaryl/α,β-unsaturated/α-hetero) is 1. The first-order valence-electron chi connectivity index (χ1n) is 7.73. The lowest BCUT2D eigenvalue weighted by Crippen LogP contribution is -2.37. The highest BCUT2D eigenvalue weighted by molar-refractivity contribution is 5.82. The monoisotopic (exact) mass is 252 g/mol. The van der Waals surface area contributed by atoms with E-state index in [0.717, 1.165) is 51.4 Å². The van der Waals surface area contributed by atoms with E-state index in [4.69, 9.17) is 0 Å². The van der Waals surface area contributed by atoms with Crippen LogP contribution in [-0.2, 0) is 4.79 Å². The number of hydrogen-bond acceptors (Lipinski definition) is 3. The van der Waals surface area contributed by atoms with E-state index in [1.165, 1.54) is 19.5 Å². The molecule has 2 fully saturated rings. The van der Waals surface area contributed by atoms with Crippen molar-refractivity contribution < 1.29 is 4.79 Å². The van der Waals surface area contributed by atoms with Gasteiger partial charge in [0.25, 0.3) is 0 Å². The highest BCUT2D eigenvalue weighted by Gasteiger charge is 2.28. The van der Waals surface area contributed by atoms with Gasteiger partial charge in [0.2, 0.25) is 0 Å².